The summed E-state index contributed by atoms with van der Waals surface area (Å²) in [5.41, 5.74) is 0. The number of hydrogen-bond donors (Lipinski definition) is 1. The molecule has 0 aromatic carbocycles. The van der Waals surface area contributed by atoms with E-state index in [2.05, 4.69) is 37.5 Å². The molecule has 6 heteroatoms. The summed E-state index contributed by atoms with van der Waals surface area (Å²) in [7, 11) is 0. The zero-order valence-electron chi connectivity index (χ0n) is 13.7. The van der Waals surface area contributed by atoms with Crippen molar-refractivity contribution in [3.05, 3.63) is 0 Å². The Morgan fingerprint density at radius 3 is 1.35 bits per heavy atom. The average molecular weight is 308 g/mol. The molecule has 0 rings (SSSR count). The van der Waals surface area contributed by atoms with Crippen molar-refractivity contribution in [1.82, 2.24) is 14.1 Å². The third kappa shape index (κ3) is 9.02. The van der Waals surface area contributed by atoms with Gasteiger partial charge in [-0.1, -0.05) is 27.7 Å². The molecular weight excluding hydrogens is 274 g/mol. The maximum absolute atomic E-state index is 11.3. The van der Waals surface area contributed by atoms with E-state index in [1.165, 1.54) is 0 Å². The van der Waals surface area contributed by atoms with Gasteiger partial charge in [-0.2, -0.15) is 0 Å². The van der Waals surface area contributed by atoms with Crippen LogP contribution in [0.3, 0.4) is 0 Å². The highest BCUT2D eigenvalue weighted by Gasteiger charge is 2.11. The molecule has 0 aromatic heterocycles. The predicted octanol–water partition coefficient (Wildman–Crippen LogP) is 1.89. The Bertz CT molecular complexity index is 229. The molecule has 1 unspecified atom stereocenters. The molecule has 0 aliphatic carbocycles. The minimum atomic E-state index is -1.84. The van der Waals surface area contributed by atoms with Gasteiger partial charge in [-0.3, -0.25) is 4.55 Å². The van der Waals surface area contributed by atoms with Gasteiger partial charge >= 0.3 is 0 Å². The third-order valence-electron chi connectivity index (χ3n) is 3.77. The van der Waals surface area contributed by atoms with Gasteiger partial charge in [0.1, 0.15) is 0 Å². The van der Waals surface area contributed by atoms with Crippen molar-refractivity contribution in [2.24, 2.45) is 0 Å². The standard InChI is InChI=1S/C14H33N3O2S/c1-5-15(6-2)11-9-13-17(20(18)19)14-10-12-16(7-3)8-4/h5-14H2,1-4H3,(H,18,19). The molecule has 0 aliphatic heterocycles. The molecule has 1 atom stereocenters. The molecule has 0 amide bonds. The second-order valence-electron chi connectivity index (χ2n) is 4.92. The van der Waals surface area contributed by atoms with Gasteiger partial charge in [-0.25, -0.2) is 8.51 Å². The van der Waals surface area contributed by atoms with Crippen LogP contribution in [0.15, 0.2) is 0 Å². The highest BCUT2D eigenvalue weighted by atomic mass is 32.2. The van der Waals surface area contributed by atoms with Gasteiger partial charge in [0.15, 0.2) is 0 Å². The van der Waals surface area contributed by atoms with E-state index in [1.807, 2.05) is 0 Å². The van der Waals surface area contributed by atoms with Crippen LogP contribution in [0.4, 0.5) is 0 Å². The fourth-order valence-corrected chi connectivity index (χ4v) is 2.86. The second-order valence-corrected chi connectivity index (χ2v) is 5.90. The lowest BCUT2D eigenvalue weighted by Gasteiger charge is -2.23. The minimum Gasteiger partial charge on any atom is -0.304 e. The number of hydrogen-bond acceptors (Lipinski definition) is 3. The van der Waals surface area contributed by atoms with Crippen LogP contribution in [-0.2, 0) is 11.3 Å². The van der Waals surface area contributed by atoms with E-state index < -0.39 is 11.3 Å². The molecule has 0 aliphatic rings. The summed E-state index contributed by atoms with van der Waals surface area (Å²) in [5.74, 6) is 0. The molecule has 0 saturated carbocycles. The Hall–Kier alpha value is -0.0100. The summed E-state index contributed by atoms with van der Waals surface area (Å²) in [5, 5.41) is 0. The van der Waals surface area contributed by atoms with Crippen LogP contribution in [0.1, 0.15) is 40.5 Å². The SMILES string of the molecule is CCN(CC)CCCN(CCCN(CC)CC)S(=O)O. The topological polar surface area (TPSA) is 47.0 Å². The minimum absolute atomic E-state index is 0.692. The molecule has 20 heavy (non-hydrogen) atoms. The van der Waals surface area contributed by atoms with Crippen molar-refractivity contribution in [2.75, 3.05) is 52.4 Å². The Morgan fingerprint density at radius 1 is 0.750 bits per heavy atom. The van der Waals surface area contributed by atoms with Gasteiger partial charge < -0.3 is 9.80 Å². The zero-order chi connectivity index (χ0) is 15.4. The van der Waals surface area contributed by atoms with Crippen LogP contribution in [0, 0.1) is 0 Å². The Labute approximate surface area is 127 Å². The van der Waals surface area contributed by atoms with E-state index in [-0.39, 0.29) is 0 Å². The molecule has 0 heterocycles. The third-order valence-corrected chi connectivity index (χ3v) is 4.58. The lowest BCUT2D eigenvalue weighted by Crippen LogP contribution is -2.33. The van der Waals surface area contributed by atoms with E-state index in [0.717, 1.165) is 52.1 Å². The largest absolute Gasteiger partial charge is 0.304 e. The van der Waals surface area contributed by atoms with Crippen molar-refractivity contribution >= 4 is 11.3 Å². The Kier molecular flexibility index (Phi) is 12.7. The van der Waals surface area contributed by atoms with Gasteiger partial charge in [0.05, 0.1) is 0 Å². The highest BCUT2D eigenvalue weighted by Crippen LogP contribution is 2.01. The zero-order valence-corrected chi connectivity index (χ0v) is 14.5. The summed E-state index contributed by atoms with van der Waals surface area (Å²) in [6.07, 6.45) is 1.89. The van der Waals surface area contributed by atoms with E-state index in [9.17, 15) is 8.76 Å². The summed E-state index contributed by atoms with van der Waals surface area (Å²) in [6.45, 7) is 16.1. The monoisotopic (exact) mass is 307 g/mol. The molecule has 0 fully saturated rings. The lowest BCUT2D eigenvalue weighted by molar-refractivity contribution is 0.266. The predicted molar refractivity (Wildman–Crippen MR) is 87.2 cm³/mol. The highest BCUT2D eigenvalue weighted by molar-refractivity contribution is 7.76. The summed E-state index contributed by atoms with van der Waals surface area (Å²) in [6, 6.07) is 0. The van der Waals surface area contributed by atoms with Gasteiger partial charge in [-0.15, -0.1) is 0 Å². The summed E-state index contributed by atoms with van der Waals surface area (Å²) >= 11 is -1.84. The molecule has 1 N–H and O–H groups in total. The molecule has 0 saturated heterocycles. The molecule has 0 spiro atoms. The second kappa shape index (κ2) is 12.7. The summed E-state index contributed by atoms with van der Waals surface area (Å²) in [4.78, 5) is 4.68. The smallest absolute Gasteiger partial charge is 0.234 e. The maximum Gasteiger partial charge on any atom is 0.234 e. The summed E-state index contributed by atoms with van der Waals surface area (Å²) < 4.78 is 22.4. The van der Waals surface area contributed by atoms with Crippen LogP contribution < -0.4 is 0 Å². The molecule has 0 aromatic rings. The normalized spacial score (nSPS) is 13.6. The Balaban J connectivity index is 3.96. The number of rotatable bonds is 13. The first-order valence-electron chi connectivity index (χ1n) is 7.89. The van der Waals surface area contributed by atoms with Gasteiger partial charge in [0.25, 0.3) is 0 Å². The van der Waals surface area contributed by atoms with Crippen LogP contribution >= 0.6 is 0 Å². The average Bonchev–Trinajstić information content (AvgIpc) is 2.45. The van der Waals surface area contributed by atoms with E-state index in [1.54, 1.807) is 4.31 Å². The van der Waals surface area contributed by atoms with Crippen LogP contribution in [0.5, 0.6) is 0 Å². The van der Waals surface area contributed by atoms with Gasteiger partial charge in [0, 0.05) is 13.1 Å². The fourth-order valence-electron chi connectivity index (χ4n) is 2.29. The lowest BCUT2D eigenvalue weighted by atomic mass is 10.3. The Morgan fingerprint density at radius 2 is 1.10 bits per heavy atom. The van der Waals surface area contributed by atoms with Crippen molar-refractivity contribution in [3.63, 3.8) is 0 Å². The maximum atomic E-state index is 11.3. The quantitative estimate of drug-likeness (QED) is 0.528. The van der Waals surface area contributed by atoms with Crippen LogP contribution in [0.2, 0.25) is 0 Å². The fraction of sp³-hybridized carbons (Fsp3) is 1.00. The first-order valence-corrected chi connectivity index (χ1v) is 8.95. The molecule has 0 radical (unpaired) electrons. The molecular formula is C14H33N3O2S. The van der Waals surface area contributed by atoms with Crippen molar-refractivity contribution in [3.8, 4) is 0 Å². The van der Waals surface area contributed by atoms with E-state index in [0.29, 0.717) is 13.1 Å². The number of nitrogens with zero attached hydrogens (tertiary/aromatic N) is 3. The van der Waals surface area contributed by atoms with E-state index in [4.69, 9.17) is 0 Å². The first kappa shape index (κ1) is 20.0. The van der Waals surface area contributed by atoms with E-state index >= 15 is 0 Å². The van der Waals surface area contributed by atoms with Crippen molar-refractivity contribution < 1.29 is 8.76 Å². The van der Waals surface area contributed by atoms with Gasteiger partial charge in [0.2, 0.25) is 11.3 Å². The molecule has 0 bridgehead atoms. The van der Waals surface area contributed by atoms with Crippen LogP contribution in [-0.4, -0.2) is 75.2 Å². The van der Waals surface area contributed by atoms with Crippen LogP contribution in [0.25, 0.3) is 0 Å². The van der Waals surface area contributed by atoms with Crippen molar-refractivity contribution in [2.45, 2.75) is 40.5 Å². The van der Waals surface area contributed by atoms with Gasteiger partial charge in [-0.05, 0) is 52.1 Å². The molecule has 122 valence electrons. The first-order chi connectivity index (χ1) is 9.58. The molecule has 5 nitrogen and oxygen atoms in total. The van der Waals surface area contributed by atoms with Crippen molar-refractivity contribution in [1.29, 1.82) is 0 Å².